The van der Waals surface area contributed by atoms with Crippen molar-refractivity contribution in [2.45, 2.75) is 19.0 Å². The van der Waals surface area contributed by atoms with Gasteiger partial charge in [0, 0.05) is 19.7 Å². The number of carbonyl (C=O) groups excluding carboxylic acids is 1. The number of benzene rings is 2. The van der Waals surface area contributed by atoms with Crippen LogP contribution in [0.15, 0.2) is 53.0 Å². The van der Waals surface area contributed by atoms with Crippen molar-refractivity contribution < 1.29 is 4.79 Å². The fraction of sp³-hybridized carbons (Fsp3) is 0.188. The van der Waals surface area contributed by atoms with Crippen LogP contribution in [0.2, 0.25) is 12.6 Å². The summed E-state index contributed by atoms with van der Waals surface area (Å²) >= 11 is 3.41. The summed E-state index contributed by atoms with van der Waals surface area (Å²) in [5.41, 5.74) is 2.76. The number of hydrogen-bond donors (Lipinski definition) is 1. The van der Waals surface area contributed by atoms with Crippen molar-refractivity contribution in [1.29, 1.82) is 0 Å². The van der Waals surface area contributed by atoms with Gasteiger partial charge in [-0.05, 0) is 46.1 Å². The molecule has 2 aromatic carbocycles. The number of para-hydroxylation sites is 1. The van der Waals surface area contributed by atoms with Crippen LogP contribution in [0.4, 0.5) is 5.69 Å². The highest BCUT2D eigenvalue weighted by atomic mass is 79.9. The Morgan fingerprint density at radius 3 is 2.60 bits per heavy atom. The van der Waals surface area contributed by atoms with Gasteiger partial charge in [0.15, 0.2) is 0 Å². The Kier molecular flexibility index (Phi) is 5.56. The van der Waals surface area contributed by atoms with E-state index in [2.05, 4.69) is 33.9 Å². The third kappa shape index (κ3) is 3.80. The molecule has 0 aliphatic rings. The first kappa shape index (κ1) is 15.0. The van der Waals surface area contributed by atoms with E-state index in [0.717, 1.165) is 32.1 Å². The third-order valence-electron chi connectivity index (χ3n) is 3.03. The number of rotatable bonds is 5. The molecule has 0 spiro atoms. The molecule has 1 amide bonds. The van der Waals surface area contributed by atoms with Crippen molar-refractivity contribution in [3.05, 3.63) is 64.1 Å². The highest BCUT2D eigenvalue weighted by Gasteiger charge is 2.11. The van der Waals surface area contributed by atoms with Gasteiger partial charge < -0.3 is 5.32 Å². The van der Waals surface area contributed by atoms with Gasteiger partial charge in [-0.2, -0.15) is 0 Å². The minimum absolute atomic E-state index is 0.0797. The monoisotopic (exact) mass is 345 g/mol. The van der Waals surface area contributed by atoms with Crippen LogP contribution < -0.4 is 5.32 Å². The second kappa shape index (κ2) is 7.41. The molecule has 0 atom stereocenters. The van der Waals surface area contributed by atoms with Crippen molar-refractivity contribution in [2.24, 2.45) is 0 Å². The van der Waals surface area contributed by atoms with Gasteiger partial charge in [-0.25, -0.2) is 0 Å². The van der Waals surface area contributed by atoms with Gasteiger partial charge in [0.05, 0.1) is 5.56 Å². The number of carbonyl (C=O) groups is 1. The van der Waals surface area contributed by atoms with Crippen molar-refractivity contribution in [3.63, 3.8) is 0 Å². The zero-order chi connectivity index (χ0) is 14.4. The Balaban J connectivity index is 2.18. The predicted octanol–water partition coefficient (Wildman–Crippen LogP) is 4.41. The first-order chi connectivity index (χ1) is 9.72. The molecule has 0 bridgehead atoms. The van der Waals surface area contributed by atoms with Crippen LogP contribution in [-0.2, 0) is 6.42 Å². The molecule has 0 heterocycles. The Morgan fingerprint density at radius 1 is 1.15 bits per heavy atom. The molecule has 0 fully saturated rings. The van der Waals surface area contributed by atoms with Crippen LogP contribution in [0.25, 0.3) is 0 Å². The van der Waals surface area contributed by atoms with Crippen LogP contribution in [0.5, 0.6) is 0 Å². The topological polar surface area (TPSA) is 29.1 Å². The Hall–Kier alpha value is -1.39. The second-order valence-electron chi connectivity index (χ2n) is 4.44. The maximum absolute atomic E-state index is 12.3. The molecular weight excluding hydrogens is 330 g/mol. The van der Waals surface area contributed by atoms with E-state index in [-0.39, 0.29) is 5.91 Å². The Bertz CT molecular complexity index is 601. The fourth-order valence-electron chi connectivity index (χ4n) is 1.95. The molecule has 0 saturated heterocycles. The van der Waals surface area contributed by atoms with Gasteiger partial charge in [-0.3, -0.25) is 4.79 Å². The predicted molar refractivity (Wildman–Crippen MR) is 88.7 cm³/mol. The summed E-state index contributed by atoms with van der Waals surface area (Å²) < 4.78 is 0.810. The van der Waals surface area contributed by atoms with Gasteiger partial charge in [0.2, 0.25) is 0 Å². The standard InChI is InChI=1S/C16H16BrNOSi/c1-20-11-10-12-6-2-5-9-15(12)18-16(19)13-7-3-4-8-14(13)17/h2-9H,10-11H2,1H3,(H,18,19). The zero-order valence-corrected chi connectivity index (χ0v) is 13.9. The number of anilines is 1. The van der Waals surface area contributed by atoms with Crippen molar-refractivity contribution >= 4 is 37.0 Å². The van der Waals surface area contributed by atoms with E-state index in [1.54, 1.807) is 0 Å². The largest absolute Gasteiger partial charge is 0.322 e. The van der Waals surface area contributed by atoms with Crippen LogP contribution in [0, 0.1) is 0 Å². The molecule has 20 heavy (non-hydrogen) atoms. The molecule has 4 heteroatoms. The van der Waals surface area contributed by atoms with Crippen LogP contribution in [0.1, 0.15) is 15.9 Å². The maximum atomic E-state index is 12.3. The molecule has 2 radical (unpaired) electrons. The average Bonchev–Trinajstić information content (AvgIpc) is 2.46. The van der Waals surface area contributed by atoms with E-state index in [1.807, 2.05) is 42.5 Å². The van der Waals surface area contributed by atoms with E-state index >= 15 is 0 Å². The van der Waals surface area contributed by atoms with E-state index in [9.17, 15) is 4.79 Å². The SMILES string of the molecule is C[Si]CCc1ccccc1NC(=O)c1ccccc1Br. The number of amides is 1. The van der Waals surface area contributed by atoms with Crippen LogP contribution in [0.3, 0.4) is 0 Å². The molecule has 0 saturated carbocycles. The summed E-state index contributed by atoms with van der Waals surface area (Å²) in [7, 11) is 0.926. The number of hydrogen-bond acceptors (Lipinski definition) is 1. The Labute approximate surface area is 130 Å². The van der Waals surface area contributed by atoms with Gasteiger partial charge in [0.25, 0.3) is 5.91 Å². The number of nitrogens with one attached hydrogen (secondary N) is 1. The minimum Gasteiger partial charge on any atom is -0.322 e. The molecule has 0 unspecified atom stereocenters. The average molecular weight is 346 g/mol. The van der Waals surface area contributed by atoms with E-state index < -0.39 is 0 Å². The zero-order valence-electron chi connectivity index (χ0n) is 11.3. The lowest BCUT2D eigenvalue weighted by atomic mass is 10.1. The van der Waals surface area contributed by atoms with Crippen molar-refractivity contribution in [1.82, 2.24) is 0 Å². The first-order valence-corrected chi connectivity index (χ1v) is 9.01. The quantitative estimate of drug-likeness (QED) is 0.798. The van der Waals surface area contributed by atoms with Crippen molar-refractivity contribution in [3.8, 4) is 0 Å². The minimum atomic E-state index is -0.0797. The summed E-state index contributed by atoms with van der Waals surface area (Å²) in [6, 6.07) is 16.6. The molecule has 0 aromatic heterocycles. The fourth-order valence-corrected chi connectivity index (χ4v) is 2.94. The molecule has 2 rings (SSSR count). The lowest BCUT2D eigenvalue weighted by Crippen LogP contribution is -2.14. The van der Waals surface area contributed by atoms with Crippen LogP contribution in [-0.4, -0.2) is 15.4 Å². The summed E-state index contributed by atoms with van der Waals surface area (Å²) in [5, 5.41) is 3.01. The van der Waals surface area contributed by atoms with Crippen molar-refractivity contribution in [2.75, 3.05) is 5.32 Å². The smallest absolute Gasteiger partial charge is 0.256 e. The lowest BCUT2D eigenvalue weighted by Gasteiger charge is -2.11. The van der Waals surface area contributed by atoms with Gasteiger partial charge in [-0.15, -0.1) is 0 Å². The van der Waals surface area contributed by atoms with E-state index in [0.29, 0.717) is 5.56 Å². The molecule has 1 N–H and O–H groups in total. The highest BCUT2D eigenvalue weighted by Crippen LogP contribution is 2.21. The molecule has 102 valence electrons. The summed E-state index contributed by atoms with van der Waals surface area (Å²) in [6.45, 7) is 2.20. The molecule has 2 nitrogen and oxygen atoms in total. The number of aryl methyl sites for hydroxylation is 1. The summed E-state index contributed by atoms with van der Waals surface area (Å²) in [6.07, 6.45) is 1.00. The number of halogens is 1. The maximum Gasteiger partial charge on any atom is 0.256 e. The van der Waals surface area contributed by atoms with Gasteiger partial charge in [-0.1, -0.05) is 42.9 Å². The van der Waals surface area contributed by atoms with E-state index in [4.69, 9.17) is 0 Å². The summed E-state index contributed by atoms with van der Waals surface area (Å²) in [5.74, 6) is -0.0797. The Morgan fingerprint density at radius 2 is 1.85 bits per heavy atom. The molecule has 0 aliphatic heterocycles. The molecule has 0 aliphatic carbocycles. The second-order valence-corrected chi connectivity index (χ2v) is 6.51. The summed E-state index contributed by atoms with van der Waals surface area (Å²) in [4.78, 5) is 12.3. The van der Waals surface area contributed by atoms with Crippen LogP contribution >= 0.6 is 15.9 Å². The molecular formula is C16H16BrNOSi. The lowest BCUT2D eigenvalue weighted by molar-refractivity contribution is 0.102. The van der Waals surface area contributed by atoms with Gasteiger partial charge in [0.1, 0.15) is 0 Å². The van der Waals surface area contributed by atoms with Gasteiger partial charge >= 0.3 is 0 Å². The highest BCUT2D eigenvalue weighted by molar-refractivity contribution is 9.10. The first-order valence-electron chi connectivity index (χ1n) is 6.50. The normalized spacial score (nSPS) is 10.3. The third-order valence-corrected chi connectivity index (χ3v) is 4.47. The molecule has 2 aromatic rings. The van der Waals surface area contributed by atoms with E-state index in [1.165, 1.54) is 5.56 Å².